The first-order valence-corrected chi connectivity index (χ1v) is 7.55. The predicted octanol–water partition coefficient (Wildman–Crippen LogP) is 2.94. The Morgan fingerprint density at radius 2 is 1.68 bits per heavy atom. The summed E-state index contributed by atoms with van der Waals surface area (Å²) in [7, 11) is 0. The first kappa shape index (κ1) is 16.1. The minimum absolute atomic E-state index is 0.0132. The number of carboxylic acid groups (broad SMARTS) is 1. The summed E-state index contributed by atoms with van der Waals surface area (Å²) in [5.41, 5.74) is 2.11. The third-order valence-corrected chi connectivity index (χ3v) is 3.46. The number of aliphatic carboxylic acids is 1. The van der Waals surface area contributed by atoms with Crippen LogP contribution in [-0.4, -0.2) is 12.1 Å². The lowest BCUT2D eigenvalue weighted by atomic mass is 9.89. The monoisotopic (exact) mass is 297 g/mol. The van der Waals surface area contributed by atoms with E-state index in [0.29, 0.717) is 6.42 Å². The SMILES string of the molecule is CC(C)Oc1ccc([C@H](CC(=O)[O-])Cc2ccccc2)cc1. The molecule has 0 N–H and O–H groups in total. The van der Waals surface area contributed by atoms with Crippen molar-refractivity contribution >= 4 is 5.97 Å². The molecule has 0 aliphatic carbocycles. The van der Waals surface area contributed by atoms with Crippen molar-refractivity contribution in [3.05, 3.63) is 65.7 Å². The van der Waals surface area contributed by atoms with Crippen LogP contribution in [0.4, 0.5) is 0 Å². The van der Waals surface area contributed by atoms with Crippen LogP contribution >= 0.6 is 0 Å². The third-order valence-electron chi connectivity index (χ3n) is 3.46. The summed E-state index contributed by atoms with van der Waals surface area (Å²) in [6.45, 7) is 3.95. The van der Waals surface area contributed by atoms with E-state index in [1.165, 1.54) is 0 Å². The Labute approximate surface area is 131 Å². The number of hydrogen-bond acceptors (Lipinski definition) is 3. The zero-order valence-electron chi connectivity index (χ0n) is 13.0. The Balaban J connectivity index is 2.16. The van der Waals surface area contributed by atoms with Gasteiger partial charge in [-0.1, -0.05) is 42.5 Å². The average Bonchev–Trinajstić information content (AvgIpc) is 2.47. The van der Waals surface area contributed by atoms with Crippen LogP contribution in [0, 0.1) is 0 Å². The molecule has 0 fully saturated rings. The molecule has 0 aliphatic heterocycles. The van der Waals surface area contributed by atoms with E-state index < -0.39 is 5.97 Å². The van der Waals surface area contributed by atoms with Crippen LogP contribution in [0.3, 0.4) is 0 Å². The van der Waals surface area contributed by atoms with Gasteiger partial charge in [-0.15, -0.1) is 0 Å². The molecule has 0 amide bonds. The second kappa shape index (κ2) is 7.64. The Bertz CT molecular complexity index is 588. The molecule has 3 heteroatoms. The summed E-state index contributed by atoms with van der Waals surface area (Å²) in [6, 6.07) is 17.6. The van der Waals surface area contributed by atoms with Gasteiger partial charge in [0.05, 0.1) is 6.10 Å². The lowest BCUT2D eigenvalue weighted by Crippen LogP contribution is -2.25. The van der Waals surface area contributed by atoms with Gasteiger partial charge in [-0.05, 0) is 55.9 Å². The van der Waals surface area contributed by atoms with Crippen LogP contribution < -0.4 is 9.84 Å². The van der Waals surface area contributed by atoms with Crippen molar-refractivity contribution in [3.63, 3.8) is 0 Å². The first-order valence-electron chi connectivity index (χ1n) is 7.55. The van der Waals surface area contributed by atoms with Gasteiger partial charge in [0.25, 0.3) is 0 Å². The highest BCUT2D eigenvalue weighted by atomic mass is 16.5. The Hall–Kier alpha value is -2.29. The highest BCUT2D eigenvalue weighted by Crippen LogP contribution is 2.26. The van der Waals surface area contributed by atoms with Crippen LogP contribution in [0.15, 0.2) is 54.6 Å². The molecule has 2 aromatic carbocycles. The molecule has 1 atom stereocenters. The van der Waals surface area contributed by atoms with Crippen molar-refractivity contribution in [2.45, 2.75) is 38.7 Å². The highest BCUT2D eigenvalue weighted by Gasteiger charge is 2.13. The molecule has 0 bridgehead atoms. The Morgan fingerprint density at radius 3 is 2.23 bits per heavy atom. The average molecular weight is 297 g/mol. The number of benzene rings is 2. The van der Waals surface area contributed by atoms with Crippen LogP contribution in [0.2, 0.25) is 0 Å². The van der Waals surface area contributed by atoms with E-state index in [1.807, 2.05) is 68.4 Å². The molecule has 0 saturated heterocycles. The third kappa shape index (κ3) is 4.92. The number of hydrogen-bond donors (Lipinski definition) is 0. The van der Waals surface area contributed by atoms with Gasteiger partial charge in [0.1, 0.15) is 5.75 Å². The van der Waals surface area contributed by atoms with Gasteiger partial charge in [-0.25, -0.2) is 0 Å². The van der Waals surface area contributed by atoms with E-state index in [0.717, 1.165) is 16.9 Å². The van der Waals surface area contributed by atoms with Crippen LogP contribution in [0.1, 0.15) is 37.3 Å². The van der Waals surface area contributed by atoms with Gasteiger partial charge in [0.2, 0.25) is 0 Å². The van der Waals surface area contributed by atoms with E-state index in [9.17, 15) is 9.90 Å². The highest BCUT2D eigenvalue weighted by molar-refractivity contribution is 5.65. The van der Waals surface area contributed by atoms with E-state index in [-0.39, 0.29) is 18.4 Å². The molecule has 0 aliphatic rings. The van der Waals surface area contributed by atoms with Crippen molar-refractivity contribution in [2.24, 2.45) is 0 Å². The smallest absolute Gasteiger partial charge is 0.119 e. The molecule has 0 heterocycles. The van der Waals surface area contributed by atoms with Gasteiger partial charge in [-0.3, -0.25) is 0 Å². The summed E-state index contributed by atoms with van der Waals surface area (Å²) in [5, 5.41) is 11.0. The van der Waals surface area contributed by atoms with Crippen molar-refractivity contribution in [3.8, 4) is 5.75 Å². The number of ether oxygens (including phenoxy) is 1. The summed E-state index contributed by atoms with van der Waals surface area (Å²) < 4.78 is 5.62. The van der Waals surface area contributed by atoms with Crippen LogP contribution in [0.25, 0.3) is 0 Å². The standard InChI is InChI=1S/C19H22O3/c1-14(2)22-18-10-8-16(9-11-18)17(13-19(20)21)12-15-6-4-3-5-7-15/h3-11,14,17H,12-13H2,1-2H3,(H,20,21)/p-1/t17-/m0/s1. The molecular formula is C19H21O3-. The molecule has 3 nitrogen and oxygen atoms in total. The summed E-state index contributed by atoms with van der Waals surface area (Å²) in [5.74, 6) is -0.324. The lowest BCUT2D eigenvalue weighted by Gasteiger charge is -2.19. The molecule has 116 valence electrons. The minimum Gasteiger partial charge on any atom is -0.550 e. The van der Waals surface area contributed by atoms with E-state index in [4.69, 9.17) is 4.74 Å². The van der Waals surface area contributed by atoms with Gasteiger partial charge in [0.15, 0.2) is 0 Å². The molecule has 0 radical (unpaired) electrons. The quantitative estimate of drug-likeness (QED) is 0.789. The number of carboxylic acids is 1. The fourth-order valence-corrected chi connectivity index (χ4v) is 2.50. The van der Waals surface area contributed by atoms with E-state index in [2.05, 4.69) is 0 Å². The number of carbonyl (C=O) groups excluding carboxylic acids is 1. The van der Waals surface area contributed by atoms with Crippen LogP contribution in [-0.2, 0) is 11.2 Å². The van der Waals surface area contributed by atoms with E-state index >= 15 is 0 Å². The fourth-order valence-electron chi connectivity index (χ4n) is 2.50. The second-order valence-electron chi connectivity index (χ2n) is 5.70. The van der Waals surface area contributed by atoms with Crippen molar-refractivity contribution in [1.29, 1.82) is 0 Å². The zero-order chi connectivity index (χ0) is 15.9. The van der Waals surface area contributed by atoms with Gasteiger partial charge >= 0.3 is 0 Å². The molecule has 0 aromatic heterocycles. The Morgan fingerprint density at radius 1 is 1.05 bits per heavy atom. The zero-order valence-corrected chi connectivity index (χ0v) is 13.0. The normalized spacial score (nSPS) is 12.1. The van der Waals surface area contributed by atoms with Crippen LogP contribution in [0.5, 0.6) is 5.75 Å². The topological polar surface area (TPSA) is 49.4 Å². The van der Waals surface area contributed by atoms with Crippen molar-refractivity contribution in [1.82, 2.24) is 0 Å². The number of carbonyl (C=O) groups is 1. The minimum atomic E-state index is -1.02. The van der Waals surface area contributed by atoms with E-state index in [1.54, 1.807) is 0 Å². The van der Waals surface area contributed by atoms with Gasteiger partial charge in [-0.2, -0.15) is 0 Å². The molecule has 0 saturated carbocycles. The molecule has 0 unspecified atom stereocenters. The maximum Gasteiger partial charge on any atom is 0.119 e. The molecular weight excluding hydrogens is 276 g/mol. The molecule has 22 heavy (non-hydrogen) atoms. The fraction of sp³-hybridized carbons (Fsp3) is 0.316. The lowest BCUT2D eigenvalue weighted by molar-refractivity contribution is -0.306. The first-order chi connectivity index (χ1) is 10.5. The second-order valence-corrected chi connectivity index (χ2v) is 5.70. The largest absolute Gasteiger partial charge is 0.550 e. The summed E-state index contributed by atoms with van der Waals surface area (Å²) in [6.07, 6.45) is 0.813. The molecule has 2 aromatic rings. The maximum absolute atomic E-state index is 11.0. The summed E-state index contributed by atoms with van der Waals surface area (Å²) >= 11 is 0. The Kier molecular flexibility index (Phi) is 5.59. The number of rotatable bonds is 7. The van der Waals surface area contributed by atoms with Crippen molar-refractivity contribution in [2.75, 3.05) is 0 Å². The summed E-state index contributed by atoms with van der Waals surface area (Å²) in [4.78, 5) is 11.0. The predicted molar refractivity (Wildman–Crippen MR) is 84.7 cm³/mol. The maximum atomic E-state index is 11.0. The van der Waals surface area contributed by atoms with Gasteiger partial charge in [0, 0.05) is 5.97 Å². The van der Waals surface area contributed by atoms with Crippen molar-refractivity contribution < 1.29 is 14.6 Å². The molecule has 0 spiro atoms. The molecule has 2 rings (SSSR count). The van der Waals surface area contributed by atoms with Gasteiger partial charge < -0.3 is 14.6 Å².